The van der Waals surface area contributed by atoms with E-state index in [1.807, 2.05) is 103 Å². The van der Waals surface area contributed by atoms with E-state index in [4.69, 9.17) is 25.4 Å². The van der Waals surface area contributed by atoms with E-state index in [0.717, 1.165) is 50.6 Å². The molecule has 10 aromatic rings. The van der Waals surface area contributed by atoms with Gasteiger partial charge in [0.05, 0.1) is 5.56 Å². The molecule has 6 heteroatoms. The number of para-hydroxylation sites is 3. The summed E-state index contributed by atoms with van der Waals surface area (Å²) < 4.78 is 11.9. The first-order valence-corrected chi connectivity index (χ1v) is 19.8. The maximum Gasteiger partial charge on any atom is 0.146 e. The number of nitrogens with two attached hydrogens (primary N) is 2. The van der Waals surface area contributed by atoms with Gasteiger partial charge < -0.3 is 25.7 Å². The van der Waals surface area contributed by atoms with Gasteiger partial charge in [0.15, 0.2) is 0 Å². The molecule has 0 aliphatic carbocycles. The van der Waals surface area contributed by atoms with Crippen LogP contribution in [0, 0.1) is 24.7 Å². The summed E-state index contributed by atoms with van der Waals surface area (Å²) >= 11 is 0. The molecule has 298 valence electrons. The number of hydrogen-bond donors (Lipinski definition) is 4. The minimum absolute atomic E-state index is 0.0128. The zero-order chi connectivity index (χ0) is 42.3. The summed E-state index contributed by atoms with van der Waals surface area (Å²) in [6.07, 6.45) is 2.24. The van der Waals surface area contributed by atoms with Crippen LogP contribution in [-0.4, -0.2) is 19.1 Å². The van der Waals surface area contributed by atoms with Crippen LogP contribution < -0.4 is 11.5 Å². The van der Waals surface area contributed by atoms with Crippen LogP contribution in [-0.2, 0) is 6.42 Å². The summed E-state index contributed by atoms with van der Waals surface area (Å²) in [5.74, 6) is 0.0128. The summed E-state index contributed by atoms with van der Waals surface area (Å²) in [7, 11) is 1.50. The van der Waals surface area contributed by atoms with Gasteiger partial charge in [0.1, 0.15) is 28.2 Å². The Balaban J connectivity index is 0.000000159. The summed E-state index contributed by atoms with van der Waals surface area (Å²) in [5, 5.41) is 19.2. The molecular weight excluding hydrogens is 737 g/mol. The lowest BCUT2D eigenvalue weighted by Crippen LogP contribution is -2.11. The van der Waals surface area contributed by atoms with Crippen molar-refractivity contribution in [2.45, 2.75) is 20.3 Å². The zero-order valence-electron chi connectivity index (χ0n) is 34.2. The Labute approximate surface area is 351 Å². The van der Waals surface area contributed by atoms with Crippen LogP contribution in [0.5, 0.6) is 0 Å². The van der Waals surface area contributed by atoms with Gasteiger partial charge in [-0.1, -0.05) is 181 Å². The van der Waals surface area contributed by atoms with Gasteiger partial charge >= 0.3 is 0 Å². The Morgan fingerprint density at radius 3 is 1.62 bits per heavy atom. The molecule has 0 radical (unpaired) electrons. The largest absolute Gasteiger partial charge is 0.456 e. The number of furan rings is 2. The van der Waals surface area contributed by atoms with Crippen molar-refractivity contribution in [3.63, 3.8) is 0 Å². The molecule has 0 unspecified atom stereocenters. The molecule has 0 aliphatic heterocycles. The van der Waals surface area contributed by atoms with Crippen LogP contribution in [0.15, 0.2) is 203 Å². The highest BCUT2D eigenvalue weighted by Crippen LogP contribution is 2.38. The molecule has 8 aromatic carbocycles. The van der Waals surface area contributed by atoms with Gasteiger partial charge in [0.25, 0.3) is 0 Å². The Bertz CT molecular complexity index is 2920. The van der Waals surface area contributed by atoms with Crippen molar-refractivity contribution in [3.8, 4) is 11.1 Å². The normalized spacial score (nSPS) is 10.3. The molecule has 0 bridgehead atoms. The van der Waals surface area contributed by atoms with Crippen molar-refractivity contribution >= 4 is 55.9 Å². The summed E-state index contributed by atoms with van der Waals surface area (Å²) in [6.45, 7) is 4.16. The molecule has 60 heavy (non-hydrogen) atoms. The van der Waals surface area contributed by atoms with Gasteiger partial charge in [-0.3, -0.25) is 5.41 Å². The number of amidine groups is 1. The van der Waals surface area contributed by atoms with Crippen molar-refractivity contribution in [1.29, 1.82) is 10.8 Å². The summed E-state index contributed by atoms with van der Waals surface area (Å²) in [6, 6.07) is 65.2. The van der Waals surface area contributed by atoms with Crippen LogP contribution >= 0.6 is 0 Å². The van der Waals surface area contributed by atoms with Gasteiger partial charge in [-0.2, -0.15) is 0 Å². The van der Waals surface area contributed by atoms with Gasteiger partial charge in [0, 0.05) is 27.8 Å². The molecule has 10 rings (SSSR count). The highest BCUT2D eigenvalue weighted by atomic mass is 16.3. The van der Waals surface area contributed by atoms with Crippen molar-refractivity contribution < 1.29 is 8.83 Å². The predicted molar refractivity (Wildman–Crippen MR) is 253 cm³/mol. The van der Waals surface area contributed by atoms with E-state index in [-0.39, 0.29) is 5.84 Å². The fourth-order valence-corrected chi connectivity index (χ4v) is 6.89. The fraction of sp³-hybridized carbons (Fsp3) is 0.0741. The quantitative estimate of drug-likeness (QED) is 0.102. The highest BCUT2D eigenvalue weighted by molar-refractivity contribution is 6.18. The topological polar surface area (TPSA) is 126 Å². The highest BCUT2D eigenvalue weighted by Gasteiger charge is 2.17. The Hall–Kier alpha value is -7.54. The minimum Gasteiger partial charge on any atom is -0.456 e. The van der Waals surface area contributed by atoms with E-state index in [1.165, 1.54) is 46.3 Å². The van der Waals surface area contributed by atoms with Crippen LogP contribution in [0.25, 0.3) is 55.0 Å². The van der Waals surface area contributed by atoms with E-state index >= 15 is 0 Å². The molecule has 0 saturated heterocycles. The molecular formula is C54H50N4O2. The number of hydrogen-bond acceptors (Lipinski definition) is 5. The predicted octanol–water partition coefficient (Wildman–Crippen LogP) is 13.3. The van der Waals surface area contributed by atoms with Crippen molar-refractivity contribution in [2.75, 3.05) is 7.05 Å². The van der Waals surface area contributed by atoms with Gasteiger partial charge in [-0.05, 0) is 78.9 Å². The lowest BCUT2D eigenvalue weighted by molar-refractivity contribution is 0.666. The first-order chi connectivity index (χ1) is 29.4. The van der Waals surface area contributed by atoms with Crippen LogP contribution in [0.4, 0.5) is 0 Å². The zero-order valence-corrected chi connectivity index (χ0v) is 34.2. The first kappa shape index (κ1) is 42.1. The smallest absolute Gasteiger partial charge is 0.146 e. The third kappa shape index (κ3) is 10.3. The standard InChI is InChI=1S/C26H20N2O.C13H10O.C7H7N.C7H8.CH5N/c27-26(28)22-15-14-20(24-21-8-4-5-9-23(21)29-25(22)24)19-12-10-18(11-13-19)16-17-6-2-1-3-7-17;1-9-5-4-7-11-10-6-2-3-8-12(10)14-13(9)11;8-6-7-4-2-1-3-5-7;1-7-5-3-2-4-6-7;1-2/h1-15H,16H2,(H3,27,28);2-8H,1H3;1-6,8H;2-6H,1H3;2H2,1H3. The summed E-state index contributed by atoms with van der Waals surface area (Å²) in [5.41, 5.74) is 22.6. The number of aryl methyl sites for hydroxylation is 2. The molecule has 0 atom stereocenters. The number of rotatable bonds is 5. The monoisotopic (exact) mass is 786 g/mol. The van der Waals surface area contributed by atoms with Crippen LogP contribution in [0.1, 0.15) is 33.4 Å². The van der Waals surface area contributed by atoms with Crippen LogP contribution in [0.2, 0.25) is 0 Å². The molecule has 2 aromatic heterocycles. The van der Waals surface area contributed by atoms with Gasteiger partial charge in [-0.25, -0.2) is 0 Å². The van der Waals surface area contributed by atoms with Gasteiger partial charge in [0.2, 0.25) is 0 Å². The van der Waals surface area contributed by atoms with E-state index in [0.29, 0.717) is 11.1 Å². The molecule has 6 N–H and O–H groups in total. The molecule has 0 amide bonds. The summed E-state index contributed by atoms with van der Waals surface area (Å²) in [4.78, 5) is 0. The second kappa shape index (κ2) is 20.8. The van der Waals surface area contributed by atoms with Crippen molar-refractivity contribution in [1.82, 2.24) is 0 Å². The second-order valence-corrected chi connectivity index (χ2v) is 14.0. The maximum atomic E-state index is 7.92. The molecule has 0 saturated carbocycles. The number of nitrogen functional groups attached to an aromatic ring is 1. The maximum absolute atomic E-state index is 7.92. The van der Waals surface area contributed by atoms with E-state index in [9.17, 15) is 0 Å². The lowest BCUT2D eigenvalue weighted by Gasteiger charge is -2.08. The van der Waals surface area contributed by atoms with Gasteiger partial charge in [-0.15, -0.1) is 0 Å². The molecule has 2 heterocycles. The van der Waals surface area contributed by atoms with Crippen molar-refractivity contribution in [3.05, 3.63) is 228 Å². The van der Waals surface area contributed by atoms with E-state index in [1.54, 1.807) is 0 Å². The molecule has 0 spiro atoms. The fourth-order valence-electron chi connectivity index (χ4n) is 6.89. The van der Waals surface area contributed by atoms with E-state index in [2.05, 4.69) is 111 Å². The Kier molecular flexibility index (Phi) is 14.6. The lowest BCUT2D eigenvalue weighted by atomic mass is 9.95. The average Bonchev–Trinajstić information content (AvgIpc) is 3.89. The van der Waals surface area contributed by atoms with Crippen LogP contribution in [0.3, 0.4) is 0 Å². The third-order valence-electron chi connectivity index (χ3n) is 9.84. The van der Waals surface area contributed by atoms with E-state index < -0.39 is 0 Å². The number of benzene rings is 8. The molecule has 0 aliphatic rings. The minimum atomic E-state index is 0.0128. The average molecular weight is 787 g/mol. The Morgan fingerprint density at radius 2 is 1.03 bits per heavy atom. The molecule has 0 fully saturated rings. The number of nitrogens with one attached hydrogen (secondary N) is 2. The first-order valence-electron chi connectivity index (χ1n) is 19.8. The van der Waals surface area contributed by atoms with Crippen molar-refractivity contribution in [2.24, 2.45) is 11.5 Å². The SMILES string of the molecule is CN.Cc1cccc2c1oc1ccccc12.Cc1ccccc1.N=C(N)c1ccc(-c2ccc(Cc3ccccc3)cc2)c2c1oc1ccccc12.N=Cc1ccccc1. The number of fused-ring (bicyclic) bond motifs is 6. The molecule has 6 nitrogen and oxygen atoms in total. The Morgan fingerprint density at radius 1 is 0.517 bits per heavy atom. The third-order valence-corrected chi connectivity index (χ3v) is 9.84. The second-order valence-electron chi connectivity index (χ2n) is 14.0.